The van der Waals surface area contributed by atoms with Gasteiger partial charge in [0.05, 0.1) is 24.6 Å². The highest BCUT2D eigenvalue weighted by atomic mass is 32.1. The predicted octanol–water partition coefficient (Wildman–Crippen LogP) is 6.84. The minimum atomic E-state index is -4.91. The number of carbonyl (C=O) groups excluding carboxylic acids is 2. The van der Waals surface area contributed by atoms with E-state index in [4.69, 9.17) is 9.47 Å². The first-order chi connectivity index (χ1) is 24.2. The van der Waals surface area contributed by atoms with Crippen molar-refractivity contribution in [3.63, 3.8) is 0 Å². The molecule has 8 nitrogen and oxygen atoms in total. The molecule has 2 atom stereocenters. The maximum Gasteiger partial charge on any atom is 0.416 e. The van der Waals surface area contributed by atoms with Crippen molar-refractivity contribution in [3.05, 3.63) is 109 Å². The zero-order valence-corrected chi connectivity index (χ0v) is 28.9. The largest absolute Gasteiger partial charge is 0.488 e. The molecule has 51 heavy (non-hydrogen) atoms. The summed E-state index contributed by atoms with van der Waals surface area (Å²) in [6.07, 6.45) is -5.58. The molecular formula is C37H36F5N3O5S. The van der Waals surface area contributed by atoms with Crippen LogP contribution in [-0.4, -0.2) is 53.8 Å². The maximum atomic E-state index is 15.9. The first-order valence-electron chi connectivity index (χ1n) is 16.5. The lowest BCUT2D eigenvalue weighted by molar-refractivity contribution is -0.144. The van der Waals surface area contributed by atoms with Gasteiger partial charge in [-0.1, -0.05) is 18.2 Å². The normalized spacial score (nSPS) is 18.2. The fourth-order valence-corrected chi connectivity index (χ4v) is 7.81. The van der Waals surface area contributed by atoms with E-state index in [2.05, 4.69) is 5.32 Å². The minimum absolute atomic E-state index is 0.0562. The van der Waals surface area contributed by atoms with Gasteiger partial charge in [-0.2, -0.15) is 13.2 Å². The van der Waals surface area contributed by atoms with Gasteiger partial charge in [-0.3, -0.25) is 23.9 Å². The van der Waals surface area contributed by atoms with Gasteiger partial charge in [0.2, 0.25) is 5.91 Å². The number of halogens is 5. The lowest BCUT2D eigenvalue weighted by Crippen LogP contribution is -2.49. The zero-order chi connectivity index (χ0) is 36.6. The van der Waals surface area contributed by atoms with Crippen molar-refractivity contribution in [2.24, 2.45) is 0 Å². The lowest BCUT2D eigenvalue weighted by Gasteiger charge is -2.34. The Bertz CT molecular complexity index is 2020. The van der Waals surface area contributed by atoms with Gasteiger partial charge in [-0.25, -0.2) is 8.78 Å². The topological polar surface area (TPSA) is 89.9 Å². The SMILES string of the molecule is CCOC(=O)C[C@@H]1NC(=O)[C@@H](n2cc(CCN3CC(F)C3)c(C(F)(F)F)cc2=O)c2cc(ccc2F)COc2cccc(C)c2-c2cc1c(C)s2. The van der Waals surface area contributed by atoms with Crippen molar-refractivity contribution in [2.45, 2.75) is 64.7 Å². The molecule has 0 spiro atoms. The van der Waals surface area contributed by atoms with Crippen molar-refractivity contribution in [3.8, 4) is 16.2 Å². The molecule has 0 unspecified atom stereocenters. The van der Waals surface area contributed by atoms with Crippen LogP contribution in [0.1, 0.15) is 63.7 Å². The van der Waals surface area contributed by atoms with Crippen molar-refractivity contribution in [1.29, 1.82) is 0 Å². The van der Waals surface area contributed by atoms with Crippen LogP contribution in [0.3, 0.4) is 0 Å². The second-order valence-electron chi connectivity index (χ2n) is 12.8. The number of likely N-dealkylation sites (tertiary alicyclic amines) is 1. The Morgan fingerprint density at radius 3 is 2.55 bits per heavy atom. The molecule has 0 saturated carbocycles. The Hall–Kier alpha value is -4.56. The smallest absolute Gasteiger partial charge is 0.416 e. The quantitative estimate of drug-likeness (QED) is 0.166. The average molecular weight is 730 g/mol. The van der Waals surface area contributed by atoms with E-state index in [-0.39, 0.29) is 56.8 Å². The first kappa shape index (κ1) is 36.2. The van der Waals surface area contributed by atoms with Crippen molar-refractivity contribution < 1.29 is 41.0 Å². The van der Waals surface area contributed by atoms with E-state index in [0.29, 0.717) is 22.9 Å². The fraction of sp³-hybridized carbons (Fsp3) is 0.378. The van der Waals surface area contributed by atoms with Crippen LogP contribution in [0, 0.1) is 19.7 Å². The van der Waals surface area contributed by atoms with E-state index in [0.717, 1.165) is 37.7 Å². The Morgan fingerprint density at radius 2 is 1.84 bits per heavy atom. The van der Waals surface area contributed by atoms with E-state index >= 15 is 4.39 Å². The van der Waals surface area contributed by atoms with E-state index in [1.807, 2.05) is 32.0 Å². The molecule has 4 bridgehead atoms. The Morgan fingerprint density at radius 1 is 1.08 bits per heavy atom. The number of rotatable bonds is 7. The highest BCUT2D eigenvalue weighted by Gasteiger charge is 2.37. The molecule has 1 N–H and O–H groups in total. The van der Waals surface area contributed by atoms with Crippen LogP contribution < -0.4 is 15.6 Å². The molecule has 0 aliphatic carbocycles. The summed E-state index contributed by atoms with van der Waals surface area (Å²) >= 11 is 1.42. The number of thiophene rings is 1. The molecule has 1 saturated heterocycles. The zero-order valence-electron chi connectivity index (χ0n) is 28.1. The van der Waals surface area contributed by atoms with Gasteiger partial charge in [-0.15, -0.1) is 11.3 Å². The van der Waals surface area contributed by atoms with E-state index < -0.39 is 53.2 Å². The summed E-state index contributed by atoms with van der Waals surface area (Å²) in [6, 6.07) is 8.89. The molecule has 2 aromatic carbocycles. The first-order valence-corrected chi connectivity index (χ1v) is 17.3. The highest BCUT2D eigenvalue weighted by Crippen LogP contribution is 2.42. The summed E-state index contributed by atoms with van der Waals surface area (Å²) in [5.74, 6) is -1.91. The standard InChI is InChI=1S/C37H36F5N3O5S/c1-4-49-33(47)15-29-25-13-31(51-21(25)3)34-20(2)6-5-7-30(34)50-19-22-8-9-28(39)26(12-22)35(36(48)43-29)45-16-23(10-11-44-17-24(38)18-44)27(14-32(45)46)37(40,41)42/h5-9,12-14,16,24,29,35H,4,10-11,15,17-19H2,1-3H3,(H,43,48)/t29-,35-/m0/s1. The summed E-state index contributed by atoms with van der Waals surface area (Å²) in [5.41, 5.74) is -0.278. The summed E-state index contributed by atoms with van der Waals surface area (Å²) < 4.78 is 84.3. The number of pyridine rings is 1. The molecule has 2 aromatic heterocycles. The van der Waals surface area contributed by atoms with E-state index in [9.17, 15) is 31.9 Å². The van der Waals surface area contributed by atoms with Crippen LogP contribution in [-0.2, 0) is 33.5 Å². The monoisotopic (exact) mass is 729 g/mol. The second-order valence-corrected chi connectivity index (χ2v) is 14.0. The van der Waals surface area contributed by atoms with Gasteiger partial charge >= 0.3 is 12.1 Å². The van der Waals surface area contributed by atoms with Crippen molar-refractivity contribution >= 4 is 23.2 Å². The molecule has 270 valence electrons. The molecule has 14 heteroatoms. The van der Waals surface area contributed by atoms with Crippen LogP contribution in [0.4, 0.5) is 22.0 Å². The van der Waals surface area contributed by atoms with Gasteiger partial charge in [0, 0.05) is 52.8 Å². The number of aryl methyl sites for hydroxylation is 2. The average Bonchev–Trinajstić information content (AvgIpc) is 3.43. The number of alkyl halides is 4. The van der Waals surface area contributed by atoms with Gasteiger partial charge in [0.25, 0.3) is 5.56 Å². The number of aromatic nitrogens is 1. The van der Waals surface area contributed by atoms with Crippen molar-refractivity contribution in [2.75, 3.05) is 26.2 Å². The van der Waals surface area contributed by atoms with Gasteiger partial charge < -0.3 is 14.8 Å². The molecule has 2 aliphatic heterocycles. The molecule has 4 aromatic rings. The van der Waals surface area contributed by atoms with Crippen LogP contribution in [0.2, 0.25) is 0 Å². The number of amides is 1. The van der Waals surface area contributed by atoms with Crippen molar-refractivity contribution in [1.82, 2.24) is 14.8 Å². The number of ether oxygens (including phenoxy) is 2. The number of benzene rings is 2. The molecule has 1 fully saturated rings. The number of fused-ring (bicyclic) bond motifs is 6. The Labute approximate surface area is 294 Å². The second kappa shape index (κ2) is 14.6. The predicted molar refractivity (Wildman–Crippen MR) is 181 cm³/mol. The minimum Gasteiger partial charge on any atom is -0.488 e. The number of hydrogen-bond donors (Lipinski definition) is 1. The van der Waals surface area contributed by atoms with E-state index in [1.54, 1.807) is 17.9 Å². The maximum absolute atomic E-state index is 15.9. The summed E-state index contributed by atoms with van der Waals surface area (Å²) in [4.78, 5) is 44.2. The van der Waals surface area contributed by atoms with Crippen LogP contribution in [0.25, 0.3) is 10.4 Å². The van der Waals surface area contributed by atoms with Gasteiger partial charge in [-0.05, 0) is 73.7 Å². The Kier molecular flexibility index (Phi) is 10.4. The van der Waals surface area contributed by atoms with E-state index in [1.165, 1.54) is 23.5 Å². The van der Waals surface area contributed by atoms with Crippen LogP contribution in [0.5, 0.6) is 5.75 Å². The van der Waals surface area contributed by atoms with Gasteiger partial charge in [0.15, 0.2) is 0 Å². The van der Waals surface area contributed by atoms with Crippen LogP contribution >= 0.6 is 11.3 Å². The highest BCUT2D eigenvalue weighted by molar-refractivity contribution is 7.15. The third-order valence-corrected chi connectivity index (χ3v) is 10.2. The summed E-state index contributed by atoms with van der Waals surface area (Å²) in [7, 11) is 0. The van der Waals surface area contributed by atoms with Gasteiger partial charge in [0.1, 0.15) is 30.4 Å². The number of carbonyl (C=O) groups is 2. The number of hydrogen-bond acceptors (Lipinski definition) is 7. The molecule has 2 aliphatic rings. The van der Waals surface area contributed by atoms with Crippen LogP contribution in [0.15, 0.2) is 59.5 Å². The number of nitrogens with zero attached hydrogens (tertiary/aromatic N) is 2. The molecule has 6 rings (SSSR count). The Balaban J connectivity index is 1.52. The molecule has 1 amide bonds. The fourth-order valence-electron chi connectivity index (χ4n) is 6.61. The summed E-state index contributed by atoms with van der Waals surface area (Å²) in [6.45, 7) is 5.61. The number of nitrogens with one attached hydrogen (secondary N) is 1. The molecule has 0 radical (unpaired) electrons. The molecule has 4 heterocycles. The third-order valence-electron chi connectivity index (χ3n) is 9.16. The summed E-state index contributed by atoms with van der Waals surface area (Å²) in [5, 5.41) is 2.82. The third kappa shape index (κ3) is 7.71. The molecular weight excluding hydrogens is 693 g/mol. The number of esters is 1. The lowest BCUT2D eigenvalue weighted by atomic mass is 9.97.